The van der Waals surface area contributed by atoms with Crippen LogP contribution in [0.4, 0.5) is 5.69 Å². The molecule has 3 N–H and O–H groups in total. The number of hydrogen-bond acceptors (Lipinski definition) is 4. The highest BCUT2D eigenvalue weighted by atomic mass is 32.1. The van der Waals surface area contributed by atoms with Crippen LogP contribution in [-0.2, 0) is 4.79 Å². The third-order valence-corrected chi connectivity index (χ3v) is 4.06. The van der Waals surface area contributed by atoms with Gasteiger partial charge in [0.2, 0.25) is 0 Å². The first-order valence-corrected chi connectivity index (χ1v) is 6.80. The minimum atomic E-state index is -0.923. The molecular formula is C14H15N3O2S. The molecule has 104 valence electrons. The van der Waals surface area contributed by atoms with Gasteiger partial charge in [-0.1, -0.05) is 24.3 Å². The van der Waals surface area contributed by atoms with Crippen LogP contribution in [0.15, 0.2) is 30.3 Å². The Morgan fingerprint density at radius 1 is 1.45 bits per heavy atom. The average Bonchev–Trinajstić information content (AvgIpc) is 2.73. The number of nitrogens with zero attached hydrogens (tertiary/aromatic N) is 1. The molecule has 5 nitrogen and oxygen atoms in total. The number of rotatable bonds is 2. The fraction of sp³-hybridized carbons (Fsp3) is 0.286. The van der Waals surface area contributed by atoms with E-state index in [-0.39, 0.29) is 5.91 Å². The van der Waals surface area contributed by atoms with E-state index in [4.69, 9.17) is 12.2 Å². The van der Waals surface area contributed by atoms with E-state index >= 15 is 0 Å². The summed E-state index contributed by atoms with van der Waals surface area (Å²) in [4.78, 5) is 13.4. The molecule has 0 radical (unpaired) electrons. The number of aliphatic hydroxyl groups excluding tert-OH is 1. The number of carbonyl (C=O) groups is 1. The Hall–Kier alpha value is -1.92. The summed E-state index contributed by atoms with van der Waals surface area (Å²) >= 11 is 5.05. The molecule has 0 spiro atoms. The highest BCUT2D eigenvalue weighted by Crippen LogP contribution is 2.31. The van der Waals surface area contributed by atoms with E-state index in [1.807, 2.05) is 30.3 Å². The minimum absolute atomic E-state index is 0.209. The highest BCUT2D eigenvalue weighted by Gasteiger charge is 2.40. The molecule has 1 fully saturated rings. The van der Waals surface area contributed by atoms with Crippen LogP contribution in [0.5, 0.6) is 0 Å². The van der Waals surface area contributed by atoms with Gasteiger partial charge in [-0.3, -0.25) is 9.69 Å². The number of thiocarbonyl (C=S) groups is 1. The molecule has 3 rings (SSSR count). The van der Waals surface area contributed by atoms with Crippen molar-refractivity contribution in [2.24, 2.45) is 0 Å². The van der Waals surface area contributed by atoms with Crippen LogP contribution in [-0.4, -0.2) is 46.8 Å². The van der Waals surface area contributed by atoms with Crippen LogP contribution < -0.4 is 10.6 Å². The second-order valence-electron chi connectivity index (χ2n) is 4.86. The smallest absolute Gasteiger partial charge is 0.254 e. The van der Waals surface area contributed by atoms with Crippen LogP contribution in [0.2, 0.25) is 0 Å². The summed E-state index contributed by atoms with van der Waals surface area (Å²) in [7, 11) is 1.61. The van der Waals surface area contributed by atoms with Crippen molar-refractivity contribution in [2.45, 2.75) is 12.1 Å². The van der Waals surface area contributed by atoms with E-state index in [0.29, 0.717) is 11.7 Å². The zero-order valence-corrected chi connectivity index (χ0v) is 11.8. The molecule has 1 saturated heterocycles. The third kappa shape index (κ3) is 1.97. The number of para-hydroxylation sites is 1. The molecule has 1 aromatic carbocycles. The molecule has 0 bridgehead atoms. The second kappa shape index (κ2) is 4.88. The Balaban J connectivity index is 1.92. The van der Waals surface area contributed by atoms with Gasteiger partial charge in [-0.15, -0.1) is 0 Å². The first-order chi connectivity index (χ1) is 9.59. The van der Waals surface area contributed by atoms with Crippen LogP contribution in [0.3, 0.4) is 0 Å². The highest BCUT2D eigenvalue weighted by molar-refractivity contribution is 7.80. The Bertz CT molecular complexity index is 614. The first kappa shape index (κ1) is 13.1. The van der Waals surface area contributed by atoms with Crippen molar-refractivity contribution in [3.05, 3.63) is 35.9 Å². The van der Waals surface area contributed by atoms with Gasteiger partial charge in [0.05, 0.1) is 0 Å². The average molecular weight is 289 g/mol. The van der Waals surface area contributed by atoms with E-state index < -0.39 is 12.1 Å². The predicted octanol–water partition coefficient (Wildman–Crippen LogP) is 0.571. The number of hydrogen-bond donors (Lipinski definition) is 3. The van der Waals surface area contributed by atoms with Crippen LogP contribution in [0.1, 0.15) is 5.56 Å². The quantitative estimate of drug-likeness (QED) is 0.695. The summed E-state index contributed by atoms with van der Waals surface area (Å²) in [5.74, 6) is -0.209. The van der Waals surface area contributed by atoms with Gasteiger partial charge in [-0.25, -0.2) is 0 Å². The van der Waals surface area contributed by atoms with Gasteiger partial charge in [0.15, 0.2) is 5.11 Å². The molecule has 1 amide bonds. The van der Waals surface area contributed by atoms with Crippen molar-refractivity contribution in [1.82, 2.24) is 10.2 Å². The lowest BCUT2D eigenvalue weighted by Gasteiger charge is -2.25. The molecule has 2 aliphatic rings. The molecule has 2 unspecified atom stereocenters. The number of likely N-dealkylation sites (N-methyl/N-ethyl adjacent to an activating group) is 1. The Labute approximate surface area is 122 Å². The maximum atomic E-state index is 12.1. The lowest BCUT2D eigenvalue weighted by atomic mass is 9.92. The lowest BCUT2D eigenvalue weighted by molar-refractivity contribution is -0.127. The van der Waals surface area contributed by atoms with Crippen LogP contribution >= 0.6 is 12.2 Å². The van der Waals surface area contributed by atoms with Gasteiger partial charge < -0.3 is 15.7 Å². The Morgan fingerprint density at radius 2 is 2.20 bits per heavy atom. The standard InChI is InChI=1S/C14H15N3O2S/c1-17-13(19)11(16-14(17)20)12(18)9-6-7-15-10-5-3-2-4-8(9)10/h2-6,11-12,15,18H,7H2,1H3,(H,16,20). The Kier molecular flexibility index (Phi) is 3.19. The molecule has 6 heteroatoms. The van der Waals surface area contributed by atoms with Gasteiger partial charge in [-0.05, 0) is 23.9 Å². The van der Waals surface area contributed by atoms with Gasteiger partial charge in [0.1, 0.15) is 12.1 Å². The number of carbonyl (C=O) groups excluding carboxylic acids is 1. The summed E-state index contributed by atoms with van der Waals surface area (Å²) in [6.45, 7) is 0.630. The number of anilines is 1. The molecule has 0 aromatic heterocycles. The molecular weight excluding hydrogens is 274 g/mol. The predicted molar refractivity (Wildman–Crippen MR) is 81.2 cm³/mol. The number of nitrogens with one attached hydrogen (secondary N) is 2. The van der Waals surface area contributed by atoms with Crippen molar-refractivity contribution in [3.8, 4) is 0 Å². The monoisotopic (exact) mass is 289 g/mol. The first-order valence-electron chi connectivity index (χ1n) is 6.39. The number of amides is 1. The van der Waals surface area contributed by atoms with Crippen molar-refractivity contribution in [2.75, 3.05) is 18.9 Å². The topological polar surface area (TPSA) is 64.6 Å². The number of aliphatic hydroxyl groups is 1. The second-order valence-corrected chi connectivity index (χ2v) is 5.24. The fourth-order valence-electron chi connectivity index (χ4n) is 2.54. The molecule has 2 aliphatic heterocycles. The lowest BCUT2D eigenvalue weighted by Crippen LogP contribution is -2.42. The van der Waals surface area contributed by atoms with Crippen LogP contribution in [0.25, 0.3) is 5.57 Å². The zero-order valence-electron chi connectivity index (χ0n) is 11.0. The molecule has 0 aliphatic carbocycles. The minimum Gasteiger partial charge on any atom is -0.386 e. The normalized spacial score (nSPS) is 22.8. The number of fused-ring (bicyclic) bond motifs is 1. The van der Waals surface area contributed by atoms with Crippen molar-refractivity contribution in [3.63, 3.8) is 0 Å². The SMILES string of the molecule is CN1C(=O)C(C(O)C2=CCNc3ccccc32)NC1=S. The molecule has 0 saturated carbocycles. The maximum absolute atomic E-state index is 12.1. The van der Waals surface area contributed by atoms with Crippen molar-refractivity contribution >= 4 is 34.5 Å². The third-order valence-electron chi connectivity index (χ3n) is 3.67. The Morgan fingerprint density at radius 3 is 2.90 bits per heavy atom. The summed E-state index contributed by atoms with van der Waals surface area (Å²) < 4.78 is 0. The van der Waals surface area contributed by atoms with E-state index in [9.17, 15) is 9.90 Å². The van der Waals surface area contributed by atoms with E-state index in [2.05, 4.69) is 10.6 Å². The van der Waals surface area contributed by atoms with Gasteiger partial charge >= 0.3 is 0 Å². The van der Waals surface area contributed by atoms with Gasteiger partial charge in [0, 0.05) is 24.8 Å². The maximum Gasteiger partial charge on any atom is 0.254 e. The molecule has 2 heterocycles. The van der Waals surface area contributed by atoms with Crippen molar-refractivity contribution < 1.29 is 9.90 Å². The van der Waals surface area contributed by atoms with Gasteiger partial charge in [-0.2, -0.15) is 0 Å². The fourth-order valence-corrected chi connectivity index (χ4v) is 2.76. The largest absolute Gasteiger partial charge is 0.386 e. The van der Waals surface area contributed by atoms with Crippen LogP contribution in [0, 0.1) is 0 Å². The summed E-state index contributed by atoms with van der Waals surface area (Å²) in [5.41, 5.74) is 2.63. The molecule has 2 atom stereocenters. The van der Waals surface area contributed by atoms with Gasteiger partial charge in [0.25, 0.3) is 5.91 Å². The van der Waals surface area contributed by atoms with E-state index in [1.54, 1.807) is 7.05 Å². The summed E-state index contributed by atoms with van der Waals surface area (Å²) in [6.07, 6.45) is 0.984. The summed E-state index contributed by atoms with van der Waals surface area (Å²) in [5, 5.41) is 17.0. The molecule has 20 heavy (non-hydrogen) atoms. The summed E-state index contributed by atoms with van der Waals surface area (Å²) in [6, 6.07) is 7.01. The van der Waals surface area contributed by atoms with E-state index in [0.717, 1.165) is 16.8 Å². The van der Waals surface area contributed by atoms with Crippen molar-refractivity contribution in [1.29, 1.82) is 0 Å². The molecule has 1 aromatic rings. The van der Waals surface area contributed by atoms with E-state index in [1.165, 1.54) is 4.90 Å². The zero-order chi connectivity index (χ0) is 14.3. The number of benzene rings is 1.